The van der Waals surface area contributed by atoms with Gasteiger partial charge < -0.3 is 24.1 Å². The molecule has 1 saturated heterocycles. The second-order valence-electron chi connectivity index (χ2n) is 10.2. The molecule has 0 bridgehead atoms. The minimum Gasteiger partial charge on any atom is -0.507 e. The molecule has 1 atom stereocenters. The fourth-order valence-electron chi connectivity index (χ4n) is 5.07. The lowest BCUT2D eigenvalue weighted by Crippen LogP contribution is -2.29. The van der Waals surface area contributed by atoms with Crippen LogP contribution >= 0.6 is 11.3 Å². The summed E-state index contributed by atoms with van der Waals surface area (Å²) in [4.78, 5) is 45.4. The fraction of sp³-hybridized carbons (Fsp3) is 0.235. The topological polar surface area (TPSA) is 124 Å². The van der Waals surface area contributed by atoms with E-state index < -0.39 is 23.7 Å². The number of thiazole rings is 1. The van der Waals surface area contributed by atoms with Crippen LogP contribution in [0.15, 0.2) is 72.3 Å². The zero-order chi connectivity index (χ0) is 32.2. The van der Waals surface area contributed by atoms with Gasteiger partial charge in [0.25, 0.3) is 5.78 Å². The second-order valence-corrected chi connectivity index (χ2v) is 11.2. The standard InChI is InChI=1S/C34H32N2O8S/c1-6-43-25-15-12-23(17-26(25)41-4)28-27(30(38)32(39)36(28)34-35-20(3)31(45-34)33(40)42-5)29(37)22-10-13-24(14-11-22)44-18-21-9-7-8-19(2)16-21/h7-17,28,37H,6,18H2,1-5H3/b29-27+. The summed E-state index contributed by atoms with van der Waals surface area (Å²) in [5.41, 5.74) is 3.11. The van der Waals surface area contributed by atoms with Crippen molar-refractivity contribution in [1.82, 2.24) is 4.98 Å². The molecule has 5 rings (SSSR count). The molecule has 1 aliphatic heterocycles. The van der Waals surface area contributed by atoms with Crippen molar-refractivity contribution < 1.29 is 38.4 Å². The Morgan fingerprint density at radius 3 is 2.40 bits per heavy atom. The SMILES string of the molecule is CCOc1ccc(C2/C(=C(\O)c3ccc(OCc4cccc(C)c4)cc3)C(=O)C(=O)N2c2nc(C)c(C(=O)OC)s2)cc1OC. The Hall–Kier alpha value is -5.16. The molecule has 232 valence electrons. The highest BCUT2D eigenvalue weighted by Gasteiger charge is 2.48. The minimum absolute atomic E-state index is 0.104. The number of ketones is 1. The summed E-state index contributed by atoms with van der Waals surface area (Å²) in [5.74, 6) is -1.39. The molecule has 0 saturated carbocycles. The van der Waals surface area contributed by atoms with Crippen LogP contribution in [0, 0.1) is 13.8 Å². The molecule has 0 aliphatic carbocycles. The van der Waals surface area contributed by atoms with Crippen LogP contribution in [0.1, 0.15) is 50.6 Å². The van der Waals surface area contributed by atoms with Crippen molar-refractivity contribution in [2.45, 2.75) is 33.4 Å². The molecule has 10 nitrogen and oxygen atoms in total. The van der Waals surface area contributed by atoms with Crippen LogP contribution in [-0.2, 0) is 20.9 Å². The Morgan fingerprint density at radius 1 is 0.978 bits per heavy atom. The average Bonchev–Trinajstić information content (AvgIpc) is 3.55. The van der Waals surface area contributed by atoms with Crippen LogP contribution in [0.2, 0.25) is 0 Å². The van der Waals surface area contributed by atoms with Gasteiger partial charge in [-0.3, -0.25) is 14.5 Å². The van der Waals surface area contributed by atoms with Crippen LogP contribution < -0.4 is 19.1 Å². The van der Waals surface area contributed by atoms with Gasteiger partial charge in [-0.25, -0.2) is 9.78 Å². The van der Waals surface area contributed by atoms with Gasteiger partial charge in [0.15, 0.2) is 16.6 Å². The number of Topliss-reactive ketones (excluding diaryl/α,β-unsaturated/α-hetero) is 1. The summed E-state index contributed by atoms with van der Waals surface area (Å²) in [7, 11) is 2.73. The second kappa shape index (κ2) is 13.2. The molecule has 11 heteroatoms. The summed E-state index contributed by atoms with van der Waals surface area (Å²) in [6.07, 6.45) is 0. The lowest BCUT2D eigenvalue weighted by atomic mass is 9.95. The molecule has 0 radical (unpaired) electrons. The van der Waals surface area contributed by atoms with E-state index in [-0.39, 0.29) is 21.3 Å². The Kier molecular flexibility index (Phi) is 9.19. The summed E-state index contributed by atoms with van der Waals surface area (Å²) in [5, 5.41) is 11.7. The normalized spacial score (nSPS) is 15.7. The number of aromatic nitrogens is 1. The van der Waals surface area contributed by atoms with Gasteiger partial charge in [0.2, 0.25) is 0 Å². The first-order valence-electron chi connectivity index (χ1n) is 14.1. The zero-order valence-electron chi connectivity index (χ0n) is 25.5. The van der Waals surface area contributed by atoms with Crippen molar-refractivity contribution in [3.63, 3.8) is 0 Å². The van der Waals surface area contributed by atoms with E-state index in [0.717, 1.165) is 22.5 Å². The van der Waals surface area contributed by atoms with Crippen LogP contribution in [0.5, 0.6) is 17.2 Å². The third-order valence-electron chi connectivity index (χ3n) is 7.23. The van der Waals surface area contributed by atoms with Gasteiger partial charge in [0.05, 0.1) is 38.1 Å². The fourth-order valence-corrected chi connectivity index (χ4v) is 6.09. The number of rotatable bonds is 10. The van der Waals surface area contributed by atoms with Crippen LogP contribution in [0.25, 0.3) is 5.76 Å². The van der Waals surface area contributed by atoms with Gasteiger partial charge in [-0.1, -0.05) is 47.2 Å². The first-order chi connectivity index (χ1) is 21.7. The van der Waals surface area contributed by atoms with Crippen LogP contribution in [0.3, 0.4) is 0 Å². The van der Waals surface area contributed by atoms with E-state index in [1.54, 1.807) is 49.4 Å². The molecule has 0 spiro atoms. The number of aryl methyl sites for hydroxylation is 2. The Morgan fingerprint density at radius 2 is 1.73 bits per heavy atom. The molecule has 45 heavy (non-hydrogen) atoms. The van der Waals surface area contributed by atoms with Gasteiger partial charge in [-0.15, -0.1) is 0 Å². The van der Waals surface area contributed by atoms with E-state index in [0.29, 0.717) is 47.3 Å². The number of methoxy groups -OCH3 is 2. The summed E-state index contributed by atoms with van der Waals surface area (Å²) in [6.45, 7) is 6.21. The Balaban J connectivity index is 1.57. The Labute approximate surface area is 264 Å². The first kappa shape index (κ1) is 31.3. The molecule has 1 fully saturated rings. The van der Waals surface area contributed by atoms with Crippen LogP contribution in [-0.4, -0.2) is 48.6 Å². The molecular formula is C34H32N2O8S. The van der Waals surface area contributed by atoms with Gasteiger partial charge >= 0.3 is 11.9 Å². The number of hydrogen-bond donors (Lipinski definition) is 1. The predicted molar refractivity (Wildman–Crippen MR) is 169 cm³/mol. The smallest absolute Gasteiger partial charge is 0.350 e. The van der Waals surface area contributed by atoms with Crippen LogP contribution in [0.4, 0.5) is 5.13 Å². The number of anilines is 1. The van der Waals surface area contributed by atoms with E-state index in [4.69, 9.17) is 18.9 Å². The summed E-state index contributed by atoms with van der Waals surface area (Å²) < 4.78 is 22.0. The molecule has 1 N–H and O–H groups in total. The number of carbonyl (C=O) groups excluding carboxylic acids is 3. The summed E-state index contributed by atoms with van der Waals surface area (Å²) in [6, 6.07) is 18.5. The maximum Gasteiger partial charge on any atom is 0.350 e. The third-order valence-corrected chi connectivity index (χ3v) is 8.36. The van der Waals surface area contributed by atoms with Gasteiger partial charge in [-0.2, -0.15) is 0 Å². The van der Waals surface area contributed by atoms with Crippen molar-refractivity contribution >= 4 is 39.9 Å². The number of aliphatic hydroxyl groups is 1. The lowest BCUT2D eigenvalue weighted by molar-refractivity contribution is -0.132. The van der Waals surface area contributed by atoms with E-state index in [1.807, 2.05) is 38.1 Å². The maximum absolute atomic E-state index is 13.6. The molecule has 3 aromatic carbocycles. The third kappa shape index (κ3) is 6.25. The number of ether oxygens (including phenoxy) is 4. The number of aliphatic hydroxyl groups excluding tert-OH is 1. The molecular weight excluding hydrogens is 596 g/mol. The van der Waals surface area contributed by atoms with Crippen molar-refractivity contribution in [1.29, 1.82) is 0 Å². The van der Waals surface area contributed by atoms with Crippen molar-refractivity contribution in [2.24, 2.45) is 0 Å². The van der Waals surface area contributed by atoms with Gasteiger partial charge in [-0.05, 0) is 68.3 Å². The number of esters is 1. The predicted octanol–water partition coefficient (Wildman–Crippen LogP) is 6.16. The highest BCUT2D eigenvalue weighted by atomic mass is 32.1. The molecule has 4 aromatic rings. The molecule has 1 aromatic heterocycles. The lowest BCUT2D eigenvalue weighted by Gasteiger charge is -2.24. The van der Waals surface area contributed by atoms with Crippen molar-refractivity contribution in [2.75, 3.05) is 25.7 Å². The Bertz CT molecular complexity index is 1790. The molecule has 1 aliphatic rings. The van der Waals surface area contributed by atoms with Gasteiger partial charge in [0, 0.05) is 5.56 Å². The largest absolute Gasteiger partial charge is 0.507 e. The van der Waals surface area contributed by atoms with Crippen molar-refractivity contribution in [3.8, 4) is 17.2 Å². The van der Waals surface area contributed by atoms with E-state index in [9.17, 15) is 19.5 Å². The first-order valence-corrected chi connectivity index (χ1v) is 14.9. The zero-order valence-corrected chi connectivity index (χ0v) is 26.3. The number of hydrogen-bond acceptors (Lipinski definition) is 10. The van der Waals surface area contributed by atoms with E-state index in [1.165, 1.54) is 19.1 Å². The summed E-state index contributed by atoms with van der Waals surface area (Å²) >= 11 is 0.921. The number of carbonyl (C=O) groups is 3. The van der Waals surface area contributed by atoms with E-state index >= 15 is 0 Å². The number of benzene rings is 3. The molecule has 2 heterocycles. The molecule has 1 amide bonds. The van der Waals surface area contributed by atoms with Crippen molar-refractivity contribution in [3.05, 3.63) is 105 Å². The minimum atomic E-state index is -1.09. The number of amides is 1. The molecule has 1 unspecified atom stereocenters. The highest BCUT2D eigenvalue weighted by molar-refractivity contribution is 7.17. The number of nitrogens with zero attached hydrogens (tertiary/aromatic N) is 2. The average molecular weight is 629 g/mol. The quantitative estimate of drug-likeness (QED) is 0.0952. The monoisotopic (exact) mass is 628 g/mol. The van der Waals surface area contributed by atoms with Gasteiger partial charge in [0.1, 0.15) is 23.0 Å². The maximum atomic E-state index is 13.6. The highest BCUT2D eigenvalue weighted by Crippen LogP contribution is 2.45. The van der Waals surface area contributed by atoms with E-state index in [2.05, 4.69) is 4.98 Å².